The number of aliphatic imine (C=N–C) groups is 1. The van der Waals surface area contributed by atoms with Gasteiger partial charge in [-0.1, -0.05) is 36.4 Å². The monoisotopic (exact) mass is 480 g/mol. The molecule has 3 rings (SSSR count). The van der Waals surface area contributed by atoms with E-state index in [2.05, 4.69) is 70.0 Å². The van der Waals surface area contributed by atoms with Crippen LogP contribution in [0, 0.1) is 6.92 Å². The number of hydrogen-bond donors (Lipinski definition) is 2. The summed E-state index contributed by atoms with van der Waals surface area (Å²) in [5.41, 5.74) is 3.69. The number of benzene rings is 2. The first-order valence-electron chi connectivity index (χ1n) is 8.60. The number of halogens is 1. The minimum atomic E-state index is 0. The van der Waals surface area contributed by atoms with Gasteiger partial charge in [-0.3, -0.25) is 4.99 Å². The van der Waals surface area contributed by atoms with Crippen LogP contribution in [0.3, 0.4) is 0 Å². The third kappa shape index (κ3) is 5.67. The number of guanidine groups is 1. The van der Waals surface area contributed by atoms with Crippen LogP contribution < -0.4 is 10.6 Å². The van der Waals surface area contributed by atoms with Gasteiger partial charge in [-0.05, 0) is 36.6 Å². The van der Waals surface area contributed by atoms with Crippen LogP contribution in [0.4, 0.5) is 0 Å². The van der Waals surface area contributed by atoms with Gasteiger partial charge in [-0.2, -0.15) is 0 Å². The molecule has 0 unspecified atom stereocenters. The summed E-state index contributed by atoms with van der Waals surface area (Å²) in [7, 11) is 1.81. The van der Waals surface area contributed by atoms with Gasteiger partial charge in [-0.15, -0.1) is 35.3 Å². The summed E-state index contributed by atoms with van der Waals surface area (Å²) in [6.07, 6.45) is 2.02. The average molecular weight is 480 g/mol. The van der Waals surface area contributed by atoms with Gasteiger partial charge in [-0.25, -0.2) is 4.98 Å². The normalized spacial score (nSPS) is 11.2. The van der Waals surface area contributed by atoms with Gasteiger partial charge in [0.1, 0.15) is 0 Å². The van der Waals surface area contributed by atoms with Crippen LogP contribution in [-0.2, 0) is 13.0 Å². The number of aryl methyl sites for hydroxylation is 2. The summed E-state index contributed by atoms with van der Waals surface area (Å²) in [5, 5.41) is 7.95. The van der Waals surface area contributed by atoms with Crippen LogP contribution in [0.2, 0.25) is 0 Å². The molecule has 26 heavy (non-hydrogen) atoms. The van der Waals surface area contributed by atoms with E-state index in [1.807, 2.05) is 6.07 Å². The Bertz CT molecular complexity index is 827. The second-order valence-electron chi connectivity index (χ2n) is 5.96. The van der Waals surface area contributed by atoms with E-state index in [9.17, 15) is 0 Å². The van der Waals surface area contributed by atoms with Gasteiger partial charge in [0.15, 0.2) is 5.96 Å². The highest BCUT2D eigenvalue weighted by Gasteiger charge is 2.04. The maximum absolute atomic E-state index is 4.68. The lowest BCUT2D eigenvalue weighted by molar-refractivity contribution is 0.739. The topological polar surface area (TPSA) is 49.3 Å². The van der Waals surface area contributed by atoms with Crippen molar-refractivity contribution < 1.29 is 0 Å². The molecule has 2 N–H and O–H groups in total. The molecule has 0 aliphatic carbocycles. The molecular weight excluding hydrogens is 455 g/mol. The Morgan fingerprint density at radius 2 is 1.85 bits per heavy atom. The second kappa shape index (κ2) is 10.5. The number of nitrogens with zero attached hydrogens (tertiary/aromatic N) is 2. The van der Waals surface area contributed by atoms with Crippen molar-refractivity contribution in [1.82, 2.24) is 15.6 Å². The fraction of sp³-hybridized carbons (Fsp3) is 0.300. The van der Waals surface area contributed by atoms with Crippen molar-refractivity contribution in [2.45, 2.75) is 26.3 Å². The Balaban J connectivity index is 0.00000243. The minimum Gasteiger partial charge on any atom is -0.356 e. The third-order valence-corrected chi connectivity index (χ3v) is 5.23. The molecular formula is C20H25IN4S. The van der Waals surface area contributed by atoms with E-state index in [4.69, 9.17) is 0 Å². The zero-order valence-electron chi connectivity index (χ0n) is 15.2. The number of rotatable bonds is 6. The quantitative estimate of drug-likeness (QED) is 0.236. The Hall–Kier alpha value is -1.67. The molecule has 0 spiro atoms. The molecule has 4 nitrogen and oxygen atoms in total. The smallest absolute Gasteiger partial charge is 0.191 e. The van der Waals surface area contributed by atoms with E-state index in [1.165, 1.54) is 20.8 Å². The van der Waals surface area contributed by atoms with Crippen molar-refractivity contribution >= 4 is 51.5 Å². The lowest BCUT2D eigenvalue weighted by Gasteiger charge is -2.12. The third-order valence-electron chi connectivity index (χ3n) is 4.13. The number of para-hydroxylation sites is 1. The second-order valence-corrected chi connectivity index (χ2v) is 7.07. The number of thiazole rings is 1. The van der Waals surface area contributed by atoms with E-state index in [-0.39, 0.29) is 24.0 Å². The van der Waals surface area contributed by atoms with Crippen LogP contribution in [-0.4, -0.2) is 24.5 Å². The number of fused-ring (bicyclic) bond motifs is 1. The number of nitrogens with one attached hydrogen (secondary N) is 2. The molecule has 0 aliphatic rings. The lowest BCUT2D eigenvalue weighted by Crippen LogP contribution is -2.37. The van der Waals surface area contributed by atoms with Crippen molar-refractivity contribution in [1.29, 1.82) is 0 Å². The molecule has 0 saturated carbocycles. The van der Waals surface area contributed by atoms with Gasteiger partial charge in [0.05, 0.1) is 15.2 Å². The van der Waals surface area contributed by atoms with E-state index in [1.54, 1.807) is 18.4 Å². The molecule has 0 fully saturated rings. The Labute approximate surface area is 176 Å². The predicted octanol–water partition coefficient (Wildman–Crippen LogP) is 4.52. The largest absolute Gasteiger partial charge is 0.356 e. The van der Waals surface area contributed by atoms with Gasteiger partial charge in [0, 0.05) is 26.6 Å². The summed E-state index contributed by atoms with van der Waals surface area (Å²) in [6.45, 7) is 3.79. The predicted molar refractivity (Wildman–Crippen MR) is 123 cm³/mol. The fourth-order valence-corrected chi connectivity index (χ4v) is 3.69. The van der Waals surface area contributed by atoms with Crippen LogP contribution in [0.25, 0.3) is 10.2 Å². The first kappa shape index (κ1) is 20.6. The van der Waals surface area contributed by atoms with Gasteiger partial charge in [0.25, 0.3) is 0 Å². The summed E-state index contributed by atoms with van der Waals surface area (Å²) >= 11 is 1.79. The van der Waals surface area contributed by atoms with Crippen LogP contribution in [0.5, 0.6) is 0 Å². The van der Waals surface area contributed by atoms with Crippen LogP contribution in [0.15, 0.2) is 53.5 Å². The fourth-order valence-electron chi connectivity index (χ4n) is 2.68. The number of hydrogen-bond acceptors (Lipinski definition) is 3. The molecule has 0 saturated heterocycles. The zero-order valence-corrected chi connectivity index (χ0v) is 18.3. The summed E-state index contributed by atoms with van der Waals surface area (Å²) < 4.78 is 1.26. The Morgan fingerprint density at radius 3 is 2.62 bits per heavy atom. The highest BCUT2D eigenvalue weighted by molar-refractivity contribution is 14.0. The van der Waals surface area contributed by atoms with Crippen molar-refractivity contribution in [3.05, 3.63) is 64.7 Å². The van der Waals surface area contributed by atoms with Crippen molar-refractivity contribution in [3.8, 4) is 0 Å². The van der Waals surface area contributed by atoms with Crippen LogP contribution in [0.1, 0.15) is 22.6 Å². The van der Waals surface area contributed by atoms with E-state index >= 15 is 0 Å². The average Bonchev–Trinajstić information content (AvgIpc) is 3.05. The molecule has 138 valence electrons. The molecule has 6 heteroatoms. The lowest BCUT2D eigenvalue weighted by atomic mass is 10.1. The molecule has 0 atom stereocenters. The SMILES string of the molecule is CN=C(NCCCc1nc2ccccc2s1)NCc1ccccc1C.I. The minimum absolute atomic E-state index is 0. The standard InChI is InChI=1S/C20H24N4S.HI/c1-15-8-3-4-9-16(15)14-23-20(21-2)22-13-7-12-19-24-17-10-5-6-11-18(17)25-19;/h3-6,8-11H,7,12-14H2,1-2H3,(H2,21,22,23);1H. The summed E-state index contributed by atoms with van der Waals surface area (Å²) in [5.74, 6) is 0.840. The summed E-state index contributed by atoms with van der Waals surface area (Å²) in [6, 6.07) is 16.7. The highest BCUT2D eigenvalue weighted by Crippen LogP contribution is 2.22. The van der Waals surface area contributed by atoms with E-state index < -0.39 is 0 Å². The van der Waals surface area contributed by atoms with Gasteiger partial charge < -0.3 is 10.6 Å². The molecule has 0 aliphatic heterocycles. The zero-order chi connectivity index (χ0) is 17.5. The molecule has 1 heterocycles. The Morgan fingerprint density at radius 1 is 1.08 bits per heavy atom. The molecule has 0 bridgehead atoms. The van der Waals surface area contributed by atoms with Gasteiger partial charge in [0.2, 0.25) is 0 Å². The van der Waals surface area contributed by atoms with Crippen molar-refractivity contribution in [2.24, 2.45) is 4.99 Å². The van der Waals surface area contributed by atoms with Crippen molar-refractivity contribution in [3.63, 3.8) is 0 Å². The first-order valence-corrected chi connectivity index (χ1v) is 9.41. The molecule has 1 aromatic heterocycles. The summed E-state index contributed by atoms with van der Waals surface area (Å²) in [4.78, 5) is 8.97. The van der Waals surface area contributed by atoms with Gasteiger partial charge >= 0.3 is 0 Å². The van der Waals surface area contributed by atoms with Crippen molar-refractivity contribution in [2.75, 3.05) is 13.6 Å². The van der Waals surface area contributed by atoms with E-state index in [0.29, 0.717) is 0 Å². The first-order chi connectivity index (χ1) is 12.3. The highest BCUT2D eigenvalue weighted by atomic mass is 127. The maximum atomic E-state index is 4.68. The van der Waals surface area contributed by atoms with E-state index in [0.717, 1.165) is 37.4 Å². The molecule has 3 aromatic rings. The molecule has 0 amide bonds. The maximum Gasteiger partial charge on any atom is 0.191 e. The molecule has 2 aromatic carbocycles. The molecule has 0 radical (unpaired) electrons. The van der Waals surface area contributed by atoms with Crippen LogP contribution >= 0.6 is 35.3 Å². The number of aromatic nitrogens is 1. The Kier molecular flexibility index (Phi) is 8.31.